The molecule has 0 rings (SSSR count). The smallest absolute Gasteiger partial charge is 0.462 e. The van der Waals surface area contributed by atoms with Gasteiger partial charge in [0.25, 0.3) is 0 Å². The molecular weight excluding hydrogens is 651 g/mol. The summed E-state index contributed by atoms with van der Waals surface area (Å²) >= 11 is 0. The Morgan fingerprint density at radius 2 is 0.920 bits per heavy atom. The molecule has 0 bridgehead atoms. The van der Waals surface area contributed by atoms with Crippen molar-refractivity contribution in [3.8, 4) is 0 Å². The predicted molar refractivity (Wildman–Crippen MR) is 207 cm³/mol. The fraction of sp³-hybridized carbons (Fsp3) is 0.756. The van der Waals surface area contributed by atoms with E-state index in [9.17, 15) is 14.2 Å². The molecule has 9 heteroatoms. The van der Waals surface area contributed by atoms with Crippen LogP contribution in [0.25, 0.3) is 0 Å². The van der Waals surface area contributed by atoms with E-state index in [1.807, 2.05) is 6.08 Å². The number of carbonyl (C=O) groups excluding carboxylic acids is 2. The predicted octanol–water partition coefficient (Wildman–Crippen LogP) is 12.0. The number of unbranched alkanes of at least 4 members (excludes halogenated alkanes) is 18. The molecule has 0 saturated carbocycles. The first-order chi connectivity index (χ1) is 24.3. The first kappa shape index (κ1) is 48.0. The van der Waals surface area contributed by atoms with Gasteiger partial charge in [0.2, 0.25) is 0 Å². The Hall–Kier alpha value is -1.99. The van der Waals surface area contributed by atoms with Crippen LogP contribution in [-0.2, 0) is 28.2 Å². The first-order valence-corrected chi connectivity index (χ1v) is 21.5. The van der Waals surface area contributed by atoms with Crippen molar-refractivity contribution in [3.63, 3.8) is 0 Å². The van der Waals surface area contributed by atoms with Gasteiger partial charge in [-0.1, -0.05) is 165 Å². The fourth-order valence-electron chi connectivity index (χ4n) is 5.37. The van der Waals surface area contributed by atoms with E-state index >= 15 is 0 Å². The summed E-state index contributed by atoms with van der Waals surface area (Å²) in [5, 5.41) is 0. The molecule has 0 aromatic heterocycles. The van der Waals surface area contributed by atoms with Gasteiger partial charge in [0.1, 0.15) is 6.61 Å². The molecule has 0 aromatic carbocycles. The van der Waals surface area contributed by atoms with Crippen molar-refractivity contribution in [1.82, 2.24) is 0 Å². The average Bonchev–Trinajstić information content (AvgIpc) is 3.08. The van der Waals surface area contributed by atoms with E-state index in [-0.39, 0.29) is 19.4 Å². The van der Waals surface area contributed by atoms with Gasteiger partial charge in [-0.3, -0.25) is 14.1 Å². The molecule has 0 saturated heterocycles. The summed E-state index contributed by atoms with van der Waals surface area (Å²) in [7, 11) is -4.77. The molecule has 2 N–H and O–H groups in total. The van der Waals surface area contributed by atoms with E-state index in [2.05, 4.69) is 60.9 Å². The molecule has 0 aliphatic carbocycles. The Morgan fingerprint density at radius 3 is 1.40 bits per heavy atom. The minimum atomic E-state index is -4.77. The lowest BCUT2D eigenvalue weighted by molar-refractivity contribution is -0.161. The largest absolute Gasteiger partial charge is 0.469 e. The van der Waals surface area contributed by atoms with Crippen LogP contribution >= 0.6 is 7.82 Å². The minimum Gasteiger partial charge on any atom is -0.462 e. The summed E-state index contributed by atoms with van der Waals surface area (Å²) in [5.41, 5.74) is 0. The summed E-state index contributed by atoms with van der Waals surface area (Å²) in [4.78, 5) is 42.7. The molecule has 0 radical (unpaired) electrons. The van der Waals surface area contributed by atoms with Crippen LogP contribution in [0.1, 0.15) is 181 Å². The molecule has 0 aliphatic rings. The Bertz CT molecular complexity index is 952. The SMILES string of the molecule is CCCCC/C=C/C/C=C/C/C=C/C/C=C/CCCC(=O)O[C@H](COC(=O)CCCCCCCCCCCCCCCCC)COP(=O)(O)O. The van der Waals surface area contributed by atoms with Gasteiger partial charge in [-0.2, -0.15) is 0 Å². The molecule has 50 heavy (non-hydrogen) atoms. The molecule has 0 aromatic rings. The van der Waals surface area contributed by atoms with Gasteiger partial charge >= 0.3 is 19.8 Å². The number of hydrogen-bond donors (Lipinski definition) is 2. The highest BCUT2D eigenvalue weighted by molar-refractivity contribution is 7.46. The molecule has 0 spiro atoms. The van der Waals surface area contributed by atoms with Crippen LogP contribution in [0.15, 0.2) is 48.6 Å². The number of phosphoric acid groups is 1. The van der Waals surface area contributed by atoms with Crippen molar-refractivity contribution in [3.05, 3.63) is 48.6 Å². The van der Waals surface area contributed by atoms with Crippen LogP contribution in [0.5, 0.6) is 0 Å². The van der Waals surface area contributed by atoms with Crippen LogP contribution < -0.4 is 0 Å². The van der Waals surface area contributed by atoms with E-state index in [4.69, 9.17) is 19.3 Å². The number of phosphoric ester groups is 1. The summed E-state index contributed by atoms with van der Waals surface area (Å²) in [6.45, 7) is 3.61. The standard InChI is InChI=1S/C41H73O8P/c1-3-5-7-9-11-13-15-17-19-20-22-24-26-28-30-32-34-36-41(43)49-39(38-48-50(44,45)46)37-47-40(42)35-33-31-29-27-25-23-21-18-16-14-12-10-8-6-4-2/h11,13,17,19,22,24,28,30,39H,3-10,12,14-16,18,20-21,23,25-27,29,31-38H2,1-2H3,(H2,44,45,46)/b13-11+,19-17+,24-22+,30-28+/t39-/m1/s1. The van der Waals surface area contributed by atoms with Crippen molar-refractivity contribution >= 4 is 19.8 Å². The Balaban J connectivity index is 4.04. The molecule has 290 valence electrons. The fourth-order valence-corrected chi connectivity index (χ4v) is 5.73. The number of esters is 2. The third-order valence-electron chi connectivity index (χ3n) is 8.35. The van der Waals surface area contributed by atoms with Gasteiger partial charge in [0.05, 0.1) is 6.61 Å². The highest BCUT2D eigenvalue weighted by atomic mass is 31.2. The molecule has 8 nitrogen and oxygen atoms in total. The maximum Gasteiger partial charge on any atom is 0.469 e. The number of hydrogen-bond acceptors (Lipinski definition) is 6. The second-order valence-electron chi connectivity index (χ2n) is 13.3. The zero-order valence-corrected chi connectivity index (χ0v) is 32.7. The summed E-state index contributed by atoms with van der Waals surface area (Å²) in [6.07, 6.45) is 44.1. The van der Waals surface area contributed by atoms with E-state index in [0.717, 1.165) is 38.5 Å². The number of carbonyl (C=O) groups is 2. The molecule has 0 aliphatic heterocycles. The topological polar surface area (TPSA) is 119 Å². The molecule has 0 amide bonds. The van der Waals surface area contributed by atoms with E-state index in [1.165, 1.54) is 103 Å². The first-order valence-electron chi connectivity index (χ1n) is 19.9. The second kappa shape index (κ2) is 36.8. The van der Waals surface area contributed by atoms with Gasteiger partial charge < -0.3 is 19.3 Å². The van der Waals surface area contributed by atoms with Crippen molar-refractivity contribution < 1.29 is 37.9 Å². The van der Waals surface area contributed by atoms with Gasteiger partial charge in [-0.25, -0.2) is 4.57 Å². The van der Waals surface area contributed by atoms with Crippen LogP contribution in [0.4, 0.5) is 0 Å². The highest BCUT2D eigenvalue weighted by Crippen LogP contribution is 2.36. The Morgan fingerprint density at radius 1 is 0.520 bits per heavy atom. The van der Waals surface area contributed by atoms with Crippen LogP contribution in [0, 0.1) is 0 Å². The number of allylic oxidation sites excluding steroid dienone is 8. The lowest BCUT2D eigenvalue weighted by atomic mass is 10.0. The Labute approximate surface area is 305 Å². The normalized spacial score (nSPS) is 13.0. The monoisotopic (exact) mass is 725 g/mol. The second-order valence-corrected chi connectivity index (χ2v) is 14.5. The zero-order valence-electron chi connectivity index (χ0n) is 31.8. The average molecular weight is 725 g/mol. The van der Waals surface area contributed by atoms with Crippen LogP contribution in [-0.4, -0.2) is 41.0 Å². The lowest BCUT2D eigenvalue weighted by Gasteiger charge is -2.18. The summed E-state index contributed by atoms with van der Waals surface area (Å²) < 4.78 is 26.3. The van der Waals surface area contributed by atoms with Crippen molar-refractivity contribution in [2.24, 2.45) is 0 Å². The number of rotatable bonds is 36. The molecule has 1 atom stereocenters. The van der Waals surface area contributed by atoms with Gasteiger partial charge in [-0.05, 0) is 51.4 Å². The summed E-state index contributed by atoms with van der Waals surface area (Å²) in [5.74, 6) is -0.948. The Kier molecular flexibility index (Phi) is 35.3. The quantitative estimate of drug-likeness (QED) is 0.0284. The third kappa shape index (κ3) is 38.8. The maximum atomic E-state index is 12.4. The summed E-state index contributed by atoms with van der Waals surface area (Å²) in [6, 6.07) is 0. The minimum absolute atomic E-state index is 0.136. The zero-order chi connectivity index (χ0) is 36.8. The van der Waals surface area contributed by atoms with E-state index in [1.54, 1.807) is 0 Å². The number of ether oxygens (including phenoxy) is 2. The molecular formula is C41H73O8P. The van der Waals surface area contributed by atoms with Crippen molar-refractivity contribution in [2.45, 2.75) is 187 Å². The van der Waals surface area contributed by atoms with E-state index < -0.39 is 32.5 Å². The van der Waals surface area contributed by atoms with Crippen molar-refractivity contribution in [2.75, 3.05) is 13.2 Å². The van der Waals surface area contributed by atoms with E-state index in [0.29, 0.717) is 12.8 Å². The van der Waals surface area contributed by atoms with Crippen LogP contribution in [0.3, 0.4) is 0 Å². The highest BCUT2D eigenvalue weighted by Gasteiger charge is 2.22. The molecule has 0 heterocycles. The van der Waals surface area contributed by atoms with Crippen LogP contribution in [0.2, 0.25) is 0 Å². The van der Waals surface area contributed by atoms with Gasteiger partial charge in [-0.15, -0.1) is 0 Å². The third-order valence-corrected chi connectivity index (χ3v) is 8.84. The maximum absolute atomic E-state index is 12.4. The molecule has 0 fully saturated rings. The van der Waals surface area contributed by atoms with Crippen molar-refractivity contribution in [1.29, 1.82) is 0 Å². The lowest BCUT2D eigenvalue weighted by Crippen LogP contribution is -2.29. The molecule has 0 unspecified atom stereocenters. The van der Waals surface area contributed by atoms with Gasteiger partial charge in [0.15, 0.2) is 6.10 Å². The van der Waals surface area contributed by atoms with Gasteiger partial charge in [0, 0.05) is 12.8 Å².